The maximum absolute atomic E-state index is 13.9. The second-order valence-corrected chi connectivity index (χ2v) is 8.19. The van der Waals surface area contributed by atoms with Crippen LogP contribution in [0.15, 0.2) is 42.5 Å². The number of aliphatic hydroxyl groups is 1. The van der Waals surface area contributed by atoms with Gasteiger partial charge in [-0.05, 0) is 61.1 Å². The van der Waals surface area contributed by atoms with Crippen LogP contribution in [0.1, 0.15) is 28.8 Å². The monoisotopic (exact) mass is 387 g/mol. The molecule has 2 N–H and O–H groups in total. The Kier molecular flexibility index (Phi) is 4.93. The lowest BCUT2D eigenvalue weighted by Crippen LogP contribution is -2.34. The van der Waals surface area contributed by atoms with Crippen LogP contribution in [0.25, 0.3) is 0 Å². The molecule has 2 aromatic rings. The topological polar surface area (TPSA) is 60.8 Å². The second kappa shape index (κ2) is 7.26. The van der Waals surface area contributed by atoms with Gasteiger partial charge >= 0.3 is 0 Å². The van der Waals surface area contributed by atoms with Gasteiger partial charge in [0.2, 0.25) is 0 Å². The molecular formula is C22H23F2NO3. The Bertz CT molecular complexity index is 850. The summed E-state index contributed by atoms with van der Waals surface area (Å²) in [5.41, 5.74) is -0.600. The van der Waals surface area contributed by atoms with Crippen LogP contribution < -0.4 is 0 Å². The summed E-state index contributed by atoms with van der Waals surface area (Å²) in [6.07, 6.45) is 0.940. The predicted octanol–water partition coefficient (Wildman–Crippen LogP) is 3.17. The zero-order valence-corrected chi connectivity index (χ0v) is 15.4. The van der Waals surface area contributed by atoms with Crippen molar-refractivity contribution in [3.8, 4) is 5.75 Å². The summed E-state index contributed by atoms with van der Waals surface area (Å²) in [5.74, 6) is -0.695. The van der Waals surface area contributed by atoms with Gasteiger partial charge in [0.05, 0.1) is 12.1 Å². The van der Waals surface area contributed by atoms with Crippen molar-refractivity contribution in [1.82, 2.24) is 4.90 Å². The van der Waals surface area contributed by atoms with Gasteiger partial charge < -0.3 is 10.2 Å². The number of benzene rings is 2. The summed E-state index contributed by atoms with van der Waals surface area (Å²) in [4.78, 5) is 14.5. The number of carbonyl (C=O) groups is 1. The number of nitrogens with zero attached hydrogens (tertiary/aromatic N) is 1. The number of ketones is 1. The number of fused-ring (bicyclic) bond motifs is 1. The Balaban J connectivity index is 1.36. The fourth-order valence-electron chi connectivity index (χ4n) is 4.80. The van der Waals surface area contributed by atoms with Crippen LogP contribution in [0, 0.1) is 23.5 Å². The number of rotatable bonds is 5. The Hall–Kier alpha value is -2.31. The molecule has 0 spiro atoms. The smallest absolute Gasteiger partial charge is 0.176 e. The summed E-state index contributed by atoms with van der Waals surface area (Å²) in [7, 11) is 0. The maximum atomic E-state index is 13.9. The highest BCUT2D eigenvalue weighted by Crippen LogP contribution is 2.45. The molecule has 2 fully saturated rings. The third-order valence-corrected chi connectivity index (χ3v) is 6.06. The molecule has 6 heteroatoms. The van der Waals surface area contributed by atoms with Crippen LogP contribution in [0.3, 0.4) is 0 Å². The van der Waals surface area contributed by atoms with E-state index in [0.29, 0.717) is 31.5 Å². The Morgan fingerprint density at radius 2 is 1.61 bits per heavy atom. The van der Waals surface area contributed by atoms with Crippen molar-refractivity contribution in [1.29, 1.82) is 0 Å². The molecule has 0 unspecified atom stereocenters. The number of Topliss-reactive ketones (excluding diaryl/α,β-unsaturated/α-hetero) is 1. The lowest BCUT2D eigenvalue weighted by atomic mass is 9.90. The lowest BCUT2D eigenvalue weighted by Gasteiger charge is -2.26. The minimum Gasteiger partial charge on any atom is -0.508 e. The number of phenols is 1. The van der Waals surface area contributed by atoms with Crippen LogP contribution in [-0.4, -0.2) is 46.1 Å². The highest BCUT2D eigenvalue weighted by atomic mass is 19.1. The van der Waals surface area contributed by atoms with Gasteiger partial charge in [-0.15, -0.1) is 0 Å². The molecule has 2 aliphatic rings. The molecule has 28 heavy (non-hydrogen) atoms. The first-order valence-electron chi connectivity index (χ1n) is 9.53. The van der Waals surface area contributed by atoms with Gasteiger partial charge in [-0.25, -0.2) is 8.78 Å². The second-order valence-electron chi connectivity index (χ2n) is 8.19. The van der Waals surface area contributed by atoms with Gasteiger partial charge in [0.1, 0.15) is 17.4 Å². The van der Waals surface area contributed by atoms with Crippen molar-refractivity contribution in [2.75, 3.05) is 19.6 Å². The van der Waals surface area contributed by atoms with Gasteiger partial charge in [-0.1, -0.05) is 6.07 Å². The molecule has 4 nitrogen and oxygen atoms in total. The van der Waals surface area contributed by atoms with Crippen LogP contribution in [-0.2, 0) is 6.42 Å². The van der Waals surface area contributed by atoms with Crippen molar-refractivity contribution < 1.29 is 23.8 Å². The Labute approximate surface area is 162 Å². The minimum absolute atomic E-state index is 0.0105. The van der Waals surface area contributed by atoms with Crippen molar-refractivity contribution in [3.05, 3.63) is 65.2 Å². The van der Waals surface area contributed by atoms with E-state index in [2.05, 4.69) is 4.90 Å². The molecule has 0 radical (unpaired) electrons. The number of halogens is 2. The highest BCUT2D eigenvalue weighted by Gasteiger charge is 2.48. The molecule has 1 saturated carbocycles. The largest absolute Gasteiger partial charge is 0.508 e. The summed E-state index contributed by atoms with van der Waals surface area (Å²) in [5, 5.41) is 20.3. The lowest BCUT2D eigenvalue weighted by molar-refractivity contribution is 0.0339. The third kappa shape index (κ3) is 3.80. The highest BCUT2D eigenvalue weighted by molar-refractivity contribution is 5.97. The number of phenolic OH excluding ortho intramolecular Hbond substituents is 1. The van der Waals surface area contributed by atoms with Crippen molar-refractivity contribution in [2.45, 2.75) is 24.9 Å². The average molecular weight is 387 g/mol. The van der Waals surface area contributed by atoms with E-state index in [0.717, 1.165) is 0 Å². The zero-order chi connectivity index (χ0) is 19.9. The molecule has 1 saturated heterocycles. The van der Waals surface area contributed by atoms with E-state index < -0.39 is 17.2 Å². The first kappa shape index (κ1) is 19.0. The molecule has 4 rings (SSSR count). The van der Waals surface area contributed by atoms with E-state index in [4.69, 9.17) is 0 Å². The quantitative estimate of drug-likeness (QED) is 0.774. The molecule has 1 heterocycles. The standard InChI is InChI=1S/C22H23F2NO3/c23-19-2-1-3-20(24)18(19)10-22(28)8-15-11-25(12-16(15)9-22)13-21(27)14-4-6-17(26)7-5-14/h1-7,15-16,26,28H,8-13H2/t15-,16+,22-. The van der Waals surface area contributed by atoms with Crippen LogP contribution in [0.4, 0.5) is 8.78 Å². The molecule has 1 aliphatic heterocycles. The van der Waals surface area contributed by atoms with Gasteiger partial charge in [-0.3, -0.25) is 9.69 Å². The fourth-order valence-corrected chi connectivity index (χ4v) is 4.80. The summed E-state index contributed by atoms with van der Waals surface area (Å²) < 4.78 is 27.9. The number of likely N-dealkylation sites (tertiary alicyclic amines) is 1. The molecular weight excluding hydrogens is 364 g/mol. The van der Waals surface area contributed by atoms with E-state index in [1.807, 2.05) is 0 Å². The molecule has 0 aromatic heterocycles. The van der Waals surface area contributed by atoms with Crippen molar-refractivity contribution in [3.63, 3.8) is 0 Å². The van der Waals surface area contributed by atoms with Crippen molar-refractivity contribution >= 4 is 5.78 Å². The first-order chi connectivity index (χ1) is 13.3. The van der Waals surface area contributed by atoms with Gasteiger partial charge in [0.25, 0.3) is 0 Å². The molecule has 3 atom stereocenters. The number of hydrogen-bond acceptors (Lipinski definition) is 4. The predicted molar refractivity (Wildman–Crippen MR) is 100 cm³/mol. The van der Waals surface area contributed by atoms with Gasteiger partial charge in [-0.2, -0.15) is 0 Å². The van der Waals surface area contributed by atoms with Gasteiger partial charge in [0.15, 0.2) is 5.78 Å². The Morgan fingerprint density at radius 3 is 2.18 bits per heavy atom. The van der Waals surface area contributed by atoms with E-state index in [-0.39, 0.29) is 41.9 Å². The summed E-state index contributed by atoms with van der Waals surface area (Å²) in [6, 6.07) is 9.96. The third-order valence-electron chi connectivity index (χ3n) is 6.06. The molecule has 0 amide bonds. The minimum atomic E-state index is -1.11. The number of hydrogen-bond donors (Lipinski definition) is 2. The number of carbonyl (C=O) groups excluding carboxylic acids is 1. The molecule has 148 valence electrons. The average Bonchev–Trinajstić information content (AvgIpc) is 3.13. The Morgan fingerprint density at radius 1 is 1.04 bits per heavy atom. The van der Waals surface area contributed by atoms with Gasteiger partial charge in [0, 0.05) is 30.6 Å². The van der Waals surface area contributed by atoms with E-state index in [1.165, 1.54) is 30.3 Å². The fraction of sp³-hybridized carbons (Fsp3) is 0.409. The first-order valence-corrected chi connectivity index (χ1v) is 9.53. The van der Waals surface area contributed by atoms with Crippen LogP contribution in [0.2, 0.25) is 0 Å². The summed E-state index contributed by atoms with van der Waals surface area (Å²) in [6.45, 7) is 1.67. The normalized spacial score (nSPS) is 27.1. The van der Waals surface area contributed by atoms with E-state index in [9.17, 15) is 23.8 Å². The van der Waals surface area contributed by atoms with E-state index >= 15 is 0 Å². The van der Waals surface area contributed by atoms with Crippen LogP contribution >= 0.6 is 0 Å². The SMILES string of the molecule is O=C(CN1C[C@@H]2C[C@@](O)(Cc3c(F)cccc3F)C[C@@H]2C1)c1ccc(O)cc1. The molecule has 1 aliphatic carbocycles. The molecule has 2 aromatic carbocycles. The van der Waals surface area contributed by atoms with E-state index in [1.54, 1.807) is 12.1 Å². The van der Waals surface area contributed by atoms with Crippen LogP contribution in [0.5, 0.6) is 5.75 Å². The summed E-state index contributed by atoms with van der Waals surface area (Å²) >= 11 is 0. The maximum Gasteiger partial charge on any atom is 0.176 e. The zero-order valence-electron chi connectivity index (χ0n) is 15.4. The number of aromatic hydroxyl groups is 1. The molecule has 0 bridgehead atoms. The van der Waals surface area contributed by atoms with Crippen molar-refractivity contribution in [2.24, 2.45) is 11.8 Å².